The van der Waals surface area contributed by atoms with Crippen molar-refractivity contribution in [2.75, 3.05) is 25.0 Å². The van der Waals surface area contributed by atoms with E-state index in [1.54, 1.807) is 12.1 Å². The van der Waals surface area contributed by atoms with E-state index in [1.165, 1.54) is 17.2 Å². The van der Waals surface area contributed by atoms with Gasteiger partial charge in [0, 0.05) is 19.6 Å². The number of carbonyl (C=O) groups is 1. The normalized spacial score (nSPS) is 16.1. The minimum Gasteiger partial charge on any atom is -0.395 e. The summed E-state index contributed by atoms with van der Waals surface area (Å²) in [7, 11) is -4.20. The van der Waals surface area contributed by atoms with Gasteiger partial charge < -0.3 is 10.4 Å². The van der Waals surface area contributed by atoms with Crippen molar-refractivity contribution in [2.45, 2.75) is 51.2 Å². The number of amides is 1. The molecule has 0 bridgehead atoms. The van der Waals surface area contributed by atoms with Crippen molar-refractivity contribution in [1.82, 2.24) is 14.6 Å². The lowest BCUT2D eigenvalue weighted by Gasteiger charge is -2.30. The Labute approximate surface area is 218 Å². The van der Waals surface area contributed by atoms with Gasteiger partial charge in [-0.2, -0.15) is 8.42 Å². The van der Waals surface area contributed by atoms with Crippen LogP contribution in [0, 0.1) is 20.8 Å². The second kappa shape index (κ2) is 11.4. The number of aromatic nitrogens is 1. The average molecular weight is 523 g/mol. The van der Waals surface area contributed by atoms with Crippen LogP contribution in [0.5, 0.6) is 0 Å². The summed E-state index contributed by atoms with van der Waals surface area (Å²) in [5.74, 6) is -0.269. The lowest BCUT2D eigenvalue weighted by molar-refractivity contribution is -0.124. The molecule has 0 fully saturated rings. The Morgan fingerprint density at radius 3 is 2.46 bits per heavy atom. The number of carbonyl (C=O) groups excluding carboxylic acids is 1. The topological polar surface area (TPSA) is 112 Å². The smallest absolute Gasteiger partial charge is 0.281 e. The van der Waals surface area contributed by atoms with Crippen LogP contribution in [0.4, 0.5) is 5.82 Å². The van der Waals surface area contributed by atoms with Crippen molar-refractivity contribution in [1.29, 1.82) is 0 Å². The minimum absolute atomic E-state index is 0.117. The van der Waals surface area contributed by atoms with E-state index < -0.39 is 22.0 Å². The van der Waals surface area contributed by atoms with Crippen molar-refractivity contribution in [3.63, 3.8) is 0 Å². The molecule has 9 heteroatoms. The molecule has 0 aliphatic carbocycles. The first-order valence-electron chi connectivity index (χ1n) is 12.4. The van der Waals surface area contributed by atoms with Gasteiger partial charge in [0.15, 0.2) is 5.03 Å². The third kappa shape index (κ3) is 6.36. The van der Waals surface area contributed by atoms with Crippen molar-refractivity contribution in [3.05, 3.63) is 88.0 Å². The molecule has 1 amide bonds. The molecule has 0 radical (unpaired) electrons. The van der Waals surface area contributed by atoms with E-state index in [0.29, 0.717) is 25.3 Å². The molecule has 37 heavy (non-hydrogen) atoms. The monoisotopic (exact) mass is 522 g/mol. The Morgan fingerprint density at radius 1 is 1.05 bits per heavy atom. The van der Waals surface area contributed by atoms with Gasteiger partial charge in [-0.3, -0.25) is 9.69 Å². The first-order chi connectivity index (χ1) is 17.7. The first-order valence-corrected chi connectivity index (χ1v) is 13.9. The Bertz CT molecular complexity index is 1370. The number of aliphatic hydroxyl groups is 1. The van der Waals surface area contributed by atoms with E-state index in [-0.39, 0.29) is 18.2 Å². The lowest BCUT2D eigenvalue weighted by atomic mass is 9.98. The number of nitrogens with one attached hydrogen (secondary N) is 2. The number of rotatable bonds is 8. The van der Waals surface area contributed by atoms with Crippen LogP contribution in [0.25, 0.3) is 0 Å². The summed E-state index contributed by atoms with van der Waals surface area (Å²) in [5.41, 5.74) is 6.87. The van der Waals surface area contributed by atoms with Crippen LogP contribution < -0.4 is 10.0 Å². The van der Waals surface area contributed by atoms with Crippen molar-refractivity contribution in [3.8, 4) is 0 Å². The van der Waals surface area contributed by atoms with Crippen LogP contribution in [0.2, 0.25) is 0 Å². The zero-order valence-corrected chi connectivity index (χ0v) is 22.3. The molecule has 4 rings (SSSR count). The molecule has 8 nitrogen and oxygen atoms in total. The quantitative estimate of drug-likeness (QED) is 0.417. The fourth-order valence-electron chi connectivity index (χ4n) is 4.97. The van der Waals surface area contributed by atoms with Gasteiger partial charge in [-0.25, -0.2) is 9.71 Å². The van der Waals surface area contributed by atoms with Gasteiger partial charge >= 0.3 is 0 Å². The van der Waals surface area contributed by atoms with E-state index in [1.807, 2.05) is 18.2 Å². The Balaban J connectivity index is 1.63. The maximum atomic E-state index is 13.6. The summed E-state index contributed by atoms with van der Waals surface area (Å²) >= 11 is 0. The molecule has 2 aromatic carbocycles. The molecule has 0 spiro atoms. The van der Waals surface area contributed by atoms with Crippen LogP contribution in [0.3, 0.4) is 0 Å². The second-order valence-electron chi connectivity index (χ2n) is 9.57. The number of sulfonamides is 1. The van der Waals surface area contributed by atoms with E-state index in [4.69, 9.17) is 5.11 Å². The van der Waals surface area contributed by atoms with Crippen LogP contribution in [-0.4, -0.2) is 55.1 Å². The molecule has 2 heterocycles. The fourth-order valence-corrected chi connectivity index (χ4v) is 5.95. The van der Waals surface area contributed by atoms with E-state index in [2.05, 4.69) is 58.9 Å². The van der Waals surface area contributed by atoms with Crippen molar-refractivity contribution >= 4 is 21.7 Å². The highest BCUT2D eigenvalue weighted by Crippen LogP contribution is 2.25. The number of hydrogen-bond acceptors (Lipinski definition) is 7. The largest absolute Gasteiger partial charge is 0.395 e. The zero-order valence-electron chi connectivity index (χ0n) is 21.5. The number of aryl methyl sites for hydroxylation is 3. The molecule has 1 aliphatic rings. The molecule has 196 valence electrons. The molecule has 3 aromatic rings. The van der Waals surface area contributed by atoms with Gasteiger partial charge in [0.2, 0.25) is 0 Å². The minimum atomic E-state index is -4.20. The molecule has 1 atom stereocenters. The summed E-state index contributed by atoms with van der Waals surface area (Å²) in [6.07, 6.45) is 1.18. The van der Waals surface area contributed by atoms with Gasteiger partial charge in [-0.05, 0) is 73.6 Å². The number of pyridine rings is 1. The Kier molecular flexibility index (Phi) is 8.26. The number of hydrogen-bond donors (Lipinski definition) is 3. The van der Waals surface area contributed by atoms with Gasteiger partial charge in [0.1, 0.15) is 5.82 Å². The van der Waals surface area contributed by atoms with Gasteiger partial charge in [-0.1, -0.05) is 48.0 Å². The van der Waals surface area contributed by atoms with Crippen molar-refractivity contribution < 1.29 is 18.3 Å². The summed E-state index contributed by atoms with van der Waals surface area (Å²) in [6.45, 7) is 7.50. The summed E-state index contributed by atoms with van der Waals surface area (Å²) in [6, 6.07) is 16.1. The highest BCUT2D eigenvalue weighted by Gasteiger charge is 2.33. The summed E-state index contributed by atoms with van der Waals surface area (Å²) in [4.78, 5) is 19.8. The lowest BCUT2D eigenvalue weighted by Crippen LogP contribution is -2.49. The molecule has 0 saturated carbocycles. The van der Waals surface area contributed by atoms with Gasteiger partial charge in [0.05, 0.1) is 12.6 Å². The first kappa shape index (κ1) is 26.8. The molecule has 1 aliphatic heterocycles. The van der Waals surface area contributed by atoms with Crippen LogP contribution in [0.15, 0.2) is 59.6 Å². The van der Waals surface area contributed by atoms with E-state index in [0.717, 1.165) is 28.7 Å². The van der Waals surface area contributed by atoms with Gasteiger partial charge in [-0.15, -0.1) is 0 Å². The molecular formula is C28H34N4O4S. The van der Waals surface area contributed by atoms with Gasteiger partial charge in [0.25, 0.3) is 15.9 Å². The maximum Gasteiger partial charge on any atom is 0.281 e. The van der Waals surface area contributed by atoms with E-state index >= 15 is 0 Å². The number of anilines is 1. The second-order valence-corrected chi connectivity index (χ2v) is 11.2. The zero-order chi connectivity index (χ0) is 26.6. The fraction of sp³-hybridized carbons (Fsp3) is 0.357. The van der Waals surface area contributed by atoms with Crippen LogP contribution >= 0.6 is 0 Å². The number of fused-ring (bicyclic) bond motifs is 1. The average Bonchev–Trinajstić information content (AvgIpc) is 3.04. The molecule has 1 unspecified atom stereocenters. The molecule has 0 saturated heterocycles. The van der Waals surface area contributed by atoms with E-state index in [9.17, 15) is 13.2 Å². The number of benzene rings is 2. The third-order valence-corrected chi connectivity index (χ3v) is 8.04. The van der Waals surface area contributed by atoms with Crippen LogP contribution in [-0.2, 0) is 34.2 Å². The predicted molar refractivity (Wildman–Crippen MR) is 144 cm³/mol. The van der Waals surface area contributed by atoms with Crippen molar-refractivity contribution in [2.24, 2.45) is 0 Å². The SMILES string of the molecule is Cc1cc(C)c(CN2CCc3ccccc3CC2C(=O)NS(=O)(=O)c2cccc(NCCO)n2)c(C)c1. The third-order valence-electron chi connectivity index (χ3n) is 6.80. The Morgan fingerprint density at radius 2 is 1.76 bits per heavy atom. The number of nitrogens with zero attached hydrogens (tertiary/aromatic N) is 2. The molecular weight excluding hydrogens is 488 g/mol. The summed E-state index contributed by atoms with van der Waals surface area (Å²) in [5, 5.41) is 11.6. The molecule has 3 N–H and O–H groups in total. The Hall–Kier alpha value is -3.27. The summed E-state index contributed by atoms with van der Waals surface area (Å²) < 4.78 is 28.6. The van der Waals surface area contributed by atoms with Crippen LogP contribution in [0.1, 0.15) is 33.4 Å². The molecule has 1 aromatic heterocycles. The standard InChI is InChI=1S/C28H34N4O4S/c1-19-15-20(2)24(21(3)16-19)18-32-13-11-22-7-4-5-8-23(22)17-25(32)28(34)31-37(35,36)27-10-6-9-26(30-27)29-12-14-33/h4-10,15-16,25,33H,11-14,17-18H2,1-3H3,(H,29,30)(H,31,34). The maximum absolute atomic E-state index is 13.6. The highest BCUT2D eigenvalue weighted by atomic mass is 32.2. The highest BCUT2D eigenvalue weighted by molar-refractivity contribution is 7.90. The predicted octanol–water partition coefficient (Wildman–Crippen LogP) is 2.89. The number of aliphatic hydroxyl groups excluding tert-OH is 1.